The molecule has 26 heavy (non-hydrogen) atoms. The molecule has 0 bridgehead atoms. The average molecular weight is 370 g/mol. The van der Waals surface area contributed by atoms with Crippen LogP contribution < -0.4 is 5.32 Å². The minimum atomic E-state index is -2.89. The summed E-state index contributed by atoms with van der Waals surface area (Å²) >= 11 is 0. The molecule has 2 aromatic heterocycles. The summed E-state index contributed by atoms with van der Waals surface area (Å²) in [5, 5.41) is 3.23. The van der Waals surface area contributed by atoms with E-state index in [4.69, 9.17) is 4.78 Å². The maximum absolute atomic E-state index is 13.7. The van der Waals surface area contributed by atoms with Crippen molar-refractivity contribution in [2.45, 2.75) is 17.4 Å². The summed E-state index contributed by atoms with van der Waals surface area (Å²) in [4.78, 5) is 17.1. The zero-order chi connectivity index (χ0) is 18.1. The minimum absolute atomic E-state index is 0.211. The number of fused-ring (bicyclic) bond motifs is 1. The lowest BCUT2D eigenvalue weighted by Gasteiger charge is -2.28. The lowest BCUT2D eigenvalue weighted by molar-refractivity contribution is 0.608. The van der Waals surface area contributed by atoms with Crippen LogP contribution in [-0.4, -0.2) is 29.9 Å². The van der Waals surface area contributed by atoms with Gasteiger partial charge in [0.15, 0.2) is 5.82 Å². The smallest absolute Gasteiger partial charge is 0.178 e. The molecule has 0 aliphatic carbocycles. The fourth-order valence-electron chi connectivity index (χ4n) is 2.96. The van der Waals surface area contributed by atoms with Crippen LogP contribution in [0.5, 0.6) is 0 Å². The normalized spacial score (nSPS) is 21.8. The van der Waals surface area contributed by atoms with Gasteiger partial charge in [0.1, 0.15) is 23.7 Å². The van der Waals surface area contributed by atoms with Crippen LogP contribution in [0, 0.1) is 10.6 Å². The average Bonchev–Trinajstić information content (AvgIpc) is 2.65. The van der Waals surface area contributed by atoms with Crippen molar-refractivity contribution < 1.29 is 8.60 Å². The molecule has 3 heterocycles. The van der Waals surface area contributed by atoms with Crippen molar-refractivity contribution >= 4 is 15.5 Å². The first-order valence-corrected chi connectivity index (χ1v) is 9.67. The van der Waals surface area contributed by atoms with Crippen molar-refractivity contribution in [3.05, 3.63) is 60.4 Å². The van der Waals surface area contributed by atoms with E-state index >= 15 is 0 Å². The number of halogens is 1. The van der Waals surface area contributed by atoms with E-state index in [9.17, 15) is 8.60 Å². The molecule has 4 rings (SSSR count). The van der Waals surface area contributed by atoms with E-state index in [1.54, 1.807) is 24.5 Å². The second-order valence-corrected chi connectivity index (χ2v) is 8.11. The number of benzene rings is 1. The Morgan fingerprint density at radius 2 is 1.96 bits per heavy atom. The van der Waals surface area contributed by atoms with Gasteiger partial charge in [0.2, 0.25) is 0 Å². The van der Waals surface area contributed by atoms with E-state index in [0.717, 1.165) is 0 Å². The summed E-state index contributed by atoms with van der Waals surface area (Å²) in [6.07, 6.45) is 5.10. The summed E-state index contributed by atoms with van der Waals surface area (Å²) < 4.78 is 34.2. The predicted octanol–water partition coefficient (Wildman–Crippen LogP) is 3.04. The maximum Gasteiger partial charge on any atom is 0.178 e. The molecule has 1 aliphatic rings. The highest BCUT2D eigenvalue weighted by Crippen LogP contribution is 2.35. The number of hydrogen-bond donors (Lipinski definition) is 2. The molecule has 2 atom stereocenters. The second kappa shape index (κ2) is 6.41. The quantitative estimate of drug-likeness (QED) is 0.734. The Bertz CT molecular complexity index is 1060. The van der Waals surface area contributed by atoms with E-state index in [2.05, 4.69) is 25.3 Å². The molecule has 9 heteroatoms. The molecule has 2 unspecified atom stereocenters. The van der Waals surface area contributed by atoms with Crippen molar-refractivity contribution in [2.24, 2.45) is 0 Å². The van der Waals surface area contributed by atoms with Gasteiger partial charge >= 0.3 is 0 Å². The van der Waals surface area contributed by atoms with E-state index in [-0.39, 0.29) is 11.8 Å². The Labute approximate surface area is 149 Å². The van der Waals surface area contributed by atoms with Gasteiger partial charge in [-0.3, -0.25) is 0 Å². The first-order chi connectivity index (χ1) is 12.5. The predicted molar refractivity (Wildman–Crippen MR) is 94.4 cm³/mol. The van der Waals surface area contributed by atoms with E-state index in [1.807, 2.05) is 0 Å². The molecule has 7 nitrogen and oxygen atoms in total. The first kappa shape index (κ1) is 16.5. The van der Waals surface area contributed by atoms with Gasteiger partial charge in [0, 0.05) is 24.2 Å². The van der Waals surface area contributed by atoms with Crippen LogP contribution in [-0.2, 0) is 9.73 Å². The third kappa shape index (κ3) is 3.13. The third-order valence-electron chi connectivity index (χ3n) is 4.18. The summed E-state index contributed by atoms with van der Waals surface area (Å²) in [6, 6.07) is 7.15. The van der Waals surface area contributed by atoms with Crippen LogP contribution in [0.1, 0.15) is 18.0 Å². The van der Waals surface area contributed by atoms with E-state index in [1.165, 1.54) is 24.5 Å². The first-order valence-electron chi connectivity index (χ1n) is 7.95. The molecule has 0 saturated heterocycles. The van der Waals surface area contributed by atoms with E-state index < -0.39 is 15.5 Å². The van der Waals surface area contributed by atoms with Crippen molar-refractivity contribution in [2.75, 3.05) is 11.1 Å². The highest BCUT2D eigenvalue weighted by molar-refractivity contribution is 7.92. The zero-order valence-corrected chi connectivity index (χ0v) is 14.4. The Kier molecular flexibility index (Phi) is 4.08. The van der Waals surface area contributed by atoms with Crippen molar-refractivity contribution in [3.8, 4) is 11.5 Å². The molecule has 1 aromatic carbocycles. The van der Waals surface area contributed by atoms with Gasteiger partial charge in [-0.1, -0.05) is 0 Å². The van der Waals surface area contributed by atoms with Crippen molar-refractivity contribution in [3.63, 3.8) is 0 Å². The van der Waals surface area contributed by atoms with Crippen molar-refractivity contribution in [1.82, 2.24) is 19.9 Å². The number of nitrogens with zero attached hydrogens (tertiary/aromatic N) is 4. The van der Waals surface area contributed by atoms with Gasteiger partial charge in [-0.15, -0.1) is 0 Å². The standard InChI is InChI=1S/C17H15FN6OS/c18-11-2-3-15-12(8-11)13(4-7-26(15,19)25)24-16-9-14(22-10-23-16)17-20-5-1-6-21-17/h1-3,5-6,8-10,13,19H,4,7H2,(H,22,23,24). The molecular weight excluding hydrogens is 355 g/mol. The van der Waals surface area contributed by atoms with Crippen molar-refractivity contribution in [1.29, 1.82) is 4.78 Å². The largest absolute Gasteiger partial charge is 0.363 e. The Balaban J connectivity index is 1.68. The third-order valence-corrected chi connectivity index (χ3v) is 6.07. The number of aromatic nitrogens is 4. The highest BCUT2D eigenvalue weighted by atomic mass is 32.2. The molecule has 1 aliphatic heterocycles. The maximum atomic E-state index is 13.7. The van der Waals surface area contributed by atoms with Gasteiger partial charge < -0.3 is 5.32 Å². The fraction of sp³-hybridized carbons (Fsp3) is 0.176. The summed E-state index contributed by atoms with van der Waals surface area (Å²) in [7, 11) is -2.89. The number of hydrogen-bond acceptors (Lipinski definition) is 7. The van der Waals surface area contributed by atoms with Gasteiger partial charge in [-0.25, -0.2) is 33.3 Å². The molecule has 2 N–H and O–H groups in total. The number of nitrogens with one attached hydrogen (secondary N) is 2. The van der Waals surface area contributed by atoms with E-state index in [0.29, 0.717) is 34.2 Å². The number of rotatable bonds is 3. The van der Waals surface area contributed by atoms with Crippen LogP contribution in [0.4, 0.5) is 10.2 Å². The Morgan fingerprint density at radius 3 is 2.77 bits per heavy atom. The minimum Gasteiger partial charge on any atom is -0.363 e. The van der Waals surface area contributed by atoms with Crippen LogP contribution in [0.3, 0.4) is 0 Å². The second-order valence-electron chi connectivity index (χ2n) is 5.91. The summed E-state index contributed by atoms with van der Waals surface area (Å²) in [6.45, 7) is 0. The summed E-state index contributed by atoms with van der Waals surface area (Å²) in [5.74, 6) is 0.792. The molecule has 0 radical (unpaired) electrons. The van der Waals surface area contributed by atoms with Gasteiger partial charge in [-0.2, -0.15) is 0 Å². The lowest BCUT2D eigenvalue weighted by atomic mass is 10.0. The fourth-order valence-corrected chi connectivity index (χ4v) is 4.62. The molecule has 132 valence electrons. The van der Waals surface area contributed by atoms with Crippen LogP contribution in [0.25, 0.3) is 11.5 Å². The lowest BCUT2D eigenvalue weighted by Crippen LogP contribution is -2.24. The van der Waals surface area contributed by atoms with Gasteiger partial charge in [-0.05, 0) is 36.2 Å². The molecular formula is C17H15FN6OS. The van der Waals surface area contributed by atoms with Gasteiger partial charge in [0.05, 0.1) is 20.7 Å². The topological polar surface area (TPSA) is 105 Å². The van der Waals surface area contributed by atoms with Crippen LogP contribution in [0.2, 0.25) is 0 Å². The number of anilines is 1. The molecule has 0 amide bonds. The SMILES string of the molecule is N=S1(=O)CCC(Nc2cc(-c3ncccn3)ncn2)c2cc(F)ccc21. The van der Waals surface area contributed by atoms with Crippen LogP contribution >= 0.6 is 0 Å². The molecule has 0 fully saturated rings. The molecule has 0 spiro atoms. The van der Waals surface area contributed by atoms with Crippen LogP contribution in [0.15, 0.2) is 53.9 Å². The Hall–Kier alpha value is -2.94. The summed E-state index contributed by atoms with van der Waals surface area (Å²) in [5.41, 5.74) is 1.09. The zero-order valence-electron chi connectivity index (χ0n) is 13.6. The highest BCUT2D eigenvalue weighted by Gasteiger charge is 2.28. The van der Waals surface area contributed by atoms with Gasteiger partial charge in [0.25, 0.3) is 0 Å². The Morgan fingerprint density at radius 1 is 1.15 bits per heavy atom. The molecule has 0 saturated carbocycles. The monoisotopic (exact) mass is 370 g/mol. The molecule has 3 aromatic rings.